The molecule has 0 radical (unpaired) electrons. The lowest BCUT2D eigenvalue weighted by atomic mass is 10.0. The van der Waals surface area contributed by atoms with Crippen molar-refractivity contribution in [1.29, 1.82) is 0 Å². The highest BCUT2D eigenvalue weighted by Gasteiger charge is 2.17. The number of nitrogens with zero attached hydrogens (tertiary/aromatic N) is 1. The van der Waals surface area contributed by atoms with E-state index in [0.717, 1.165) is 25.4 Å². The van der Waals surface area contributed by atoms with Crippen molar-refractivity contribution in [3.05, 3.63) is 53.5 Å². The summed E-state index contributed by atoms with van der Waals surface area (Å²) in [7, 11) is 0. The fourth-order valence-corrected chi connectivity index (χ4v) is 2.89. The summed E-state index contributed by atoms with van der Waals surface area (Å²) in [6.45, 7) is 7.16. The van der Waals surface area contributed by atoms with Crippen LogP contribution in [0.3, 0.4) is 0 Å². The number of rotatable bonds is 5. The van der Waals surface area contributed by atoms with E-state index in [-0.39, 0.29) is 0 Å². The summed E-state index contributed by atoms with van der Waals surface area (Å²) in [4.78, 5) is 2.43. The monoisotopic (exact) mass is 284 g/mol. The summed E-state index contributed by atoms with van der Waals surface area (Å²) in [5, 5.41) is 3.42. The minimum Gasteiger partial charge on any atom is -0.467 e. The largest absolute Gasteiger partial charge is 0.467 e. The van der Waals surface area contributed by atoms with Gasteiger partial charge < -0.3 is 14.6 Å². The predicted molar refractivity (Wildman–Crippen MR) is 86.5 cm³/mol. The minimum absolute atomic E-state index is 0.498. The highest BCUT2D eigenvalue weighted by molar-refractivity contribution is 5.55. The molecular formula is C18H24N2O. The molecular weight excluding hydrogens is 260 g/mol. The van der Waals surface area contributed by atoms with Crippen molar-refractivity contribution in [2.45, 2.75) is 45.8 Å². The van der Waals surface area contributed by atoms with Gasteiger partial charge in [0.15, 0.2) is 0 Å². The second-order valence-corrected chi connectivity index (χ2v) is 6.11. The Kier molecular flexibility index (Phi) is 4.30. The molecule has 0 aliphatic carbocycles. The highest BCUT2D eigenvalue weighted by atomic mass is 16.3. The Labute approximate surface area is 127 Å². The number of anilines is 1. The lowest BCUT2D eigenvalue weighted by Gasteiger charge is -2.30. The standard InChI is InChI=1S/C18H24N2O/c1-14(2)19-11-15-10-17(21-13-15)12-20-9-5-7-16-6-3-4-8-18(16)20/h3-4,6,8,10,13-14,19H,5,7,9,11-12H2,1-2H3. The molecule has 3 nitrogen and oxygen atoms in total. The van der Waals surface area contributed by atoms with Crippen LogP contribution in [0.2, 0.25) is 0 Å². The molecule has 1 aromatic heterocycles. The van der Waals surface area contributed by atoms with Crippen LogP contribution in [0.4, 0.5) is 5.69 Å². The topological polar surface area (TPSA) is 28.4 Å². The lowest BCUT2D eigenvalue weighted by molar-refractivity contribution is 0.494. The first-order valence-electron chi connectivity index (χ1n) is 7.85. The van der Waals surface area contributed by atoms with E-state index in [4.69, 9.17) is 4.42 Å². The van der Waals surface area contributed by atoms with Gasteiger partial charge in [-0.2, -0.15) is 0 Å². The molecule has 0 saturated heterocycles. The van der Waals surface area contributed by atoms with Crippen LogP contribution in [-0.4, -0.2) is 12.6 Å². The SMILES string of the molecule is CC(C)NCc1coc(CN2CCCc3ccccc32)c1. The molecule has 0 fully saturated rings. The van der Waals surface area contributed by atoms with Gasteiger partial charge in [-0.3, -0.25) is 0 Å². The van der Waals surface area contributed by atoms with E-state index in [0.29, 0.717) is 6.04 Å². The second kappa shape index (κ2) is 6.35. The molecule has 0 spiro atoms. The maximum atomic E-state index is 5.73. The fraction of sp³-hybridized carbons (Fsp3) is 0.444. The number of benzene rings is 1. The van der Waals surface area contributed by atoms with Crippen LogP contribution in [0.1, 0.15) is 37.2 Å². The normalized spacial score (nSPS) is 14.5. The molecule has 1 N–H and O–H groups in total. The molecule has 1 aromatic carbocycles. The number of hydrogen-bond donors (Lipinski definition) is 1. The van der Waals surface area contributed by atoms with Gasteiger partial charge in [-0.15, -0.1) is 0 Å². The Morgan fingerprint density at radius 3 is 3.00 bits per heavy atom. The molecule has 3 heteroatoms. The first kappa shape index (κ1) is 14.2. The predicted octanol–water partition coefficient (Wildman–Crippen LogP) is 3.73. The third-order valence-electron chi connectivity index (χ3n) is 3.98. The third-order valence-corrected chi connectivity index (χ3v) is 3.98. The number of aryl methyl sites for hydroxylation is 1. The molecule has 1 aliphatic rings. The van der Waals surface area contributed by atoms with E-state index < -0.39 is 0 Å². The van der Waals surface area contributed by atoms with Crippen LogP contribution in [0, 0.1) is 0 Å². The van der Waals surface area contributed by atoms with Crippen LogP contribution in [0.15, 0.2) is 41.0 Å². The number of nitrogens with one attached hydrogen (secondary N) is 1. The molecule has 3 rings (SSSR count). The first-order chi connectivity index (χ1) is 10.2. The van der Waals surface area contributed by atoms with E-state index in [2.05, 4.69) is 54.4 Å². The average molecular weight is 284 g/mol. The molecule has 112 valence electrons. The number of para-hydroxylation sites is 1. The summed E-state index contributed by atoms with van der Waals surface area (Å²) in [6.07, 6.45) is 4.29. The van der Waals surface area contributed by atoms with Crippen molar-refractivity contribution >= 4 is 5.69 Å². The molecule has 21 heavy (non-hydrogen) atoms. The first-order valence-corrected chi connectivity index (χ1v) is 7.85. The van der Waals surface area contributed by atoms with E-state index in [1.54, 1.807) is 0 Å². The van der Waals surface area contributed by atoms with Gasteiger partial charge >= 0.3 is 0 Å². The van der Waals surface area contributed by atoms with Gasteiger partial charge in [-0.05, 0) is 30.5 Å². The van der Waals surface area contributed by atoms with Crippen molar-refractivity contribution in [2.75, 3.05) is 11.4 Å². The summed E-state index contributed by atoms with van der Waals surface area (Å²) in [5.74, 6) is 1.05. The highest BCUT2D eigenvalue weighted by Crippen LogP contribution is 2.28. The quantitative estimate of drug-likeness (QED) is 0.907. The Morgan fingerprint density at radius 2 is 2.14 bits per heavy atom. The Bertz CT molecular complexity index is 588. The van der Waals surface area contributed by atoms with Crippen molar-refractivity contribution in [2.24, 2.45) is 0 Å². The number of furan rings is 1. The maximum absolute atomic E-state index is 5.73. The zero-order valence-electron chi connectivity index (χ0n) is 12.9. The fourth-order valence-electron chi connectivity index (χ4n) is 2.89. The van der Waals surface area contributed by atoms with Gasteiger partial charge in [-0.1, -0.05) is 32.0 Å². The van der Waals surface area contributed by atoms with Crippen molar-refractivity contribution in [1.82, 2.24) is 5.32 Å². The smallest absolute Gasteiger partial charge is 0.123 e. The molecule has 0 unspecified atom stereocenters. The minimum atomic E-state index is 0.498. The van der Waals surface area contributed by atoms with Crippen LogP contribution in [0.5, 0.6) is 0 Å². The summed E-state index contributed by atoms with van der Waals surface area (Å²) < 4.78 is 5.73. The molecule has 0 bridgehead atoms. The Balaban J connectivity index is 1.67. The zero-order valence-corrected chi connectivity index (χ0v) is 12.9. The molecule has 2 aromatic rings. The van der Waals surface area contributed by atoms with Gasteiger partial charge in [0.1, 0.15) is 5.76 Å². The molecule has 1 aliphatic heterocycles. The number of fused-ring (bicyclic) bond motifs is 1. The lowest BCUT2D eigenvalue weighted by Crippen LogP contribution is -2.28. The second-order valence-electron chi connectivity index (χ2n) is 6.11. The van der Waals surface area contributed by atoms with Gasteiger partial charge in [-0.25, -0.2) is 0 Å². The summed E-state index contributed by atoms with van der Waals surface area (Å²) in [5.41, 5.74) is 4.04. The molecule has 0 amide bonds. The van der Waals surface area contributed by atoms with E-state index in [1.807, 2.05) is 6.26 Å². The van der Waals surface area contributed by atoms with Crippen LogP contribution in [0.25, 0.3) is 0 Å². The zero-order chi connectivity index (χ0) is 14.7. The van der Waals surface area contributed by atoms with Gasteiger partial charge in [0.25, 0.3) is 0 Å². The van der Waals surface area contributed by atoms with Crippen LogP contribution in [-0.2, 0) is 19.5 Å². The average Bonchev–Trinajstić information content (AvgIpc) is 2.93. The molecule has 0 atom stereocenters. The van der Waals surface area contributed by atoms with Crippen molar-refractivity contribution < 1.29 is 4.42 Å². The number of hydrogen-bond acceptors (Lipinski definition) is 3. The van der Waals surface area contributed by atoms with E-state index in [1.165, 1.54) is 29.7 Å². The Hall–Kier alpha value is -1.74. The van der Waals surface area contributed by atoms with Gasteiger partial charge in [0, 0.05) is 30.4 Å². The molecule has 2 heterocycles. The summed E-state index contributed by atoms with van der Waals surface area (Å²) >= 11 is 0. The van der Waals surface area contributed by atoms with Crippen LogP contribution < -0.4 is 10.2 Å². The third kappa shape index (κ3) is 3.48. The van der Waals surface area contributed by atoms with Gasteiger partial charge in [0.2, 0.25) is 0 Å². The van der Waals surface area contributed by atoms with Gasteiger partial charge in [0.05, 0.1) is 12.8 Å². The molecule has 0 saturated carbocycles. The maximum Gasteiger partial charge on any atom is 0.123 e. The van der Waals surface area contributed by atoms with E-state index >= 15 is 0 Å². The Morgan fingerprint density at radius 1 is 1.29 bits per heavy atom. The van der Waals surface area contributed by atoms with Crippen LogP contribution >= 0.6 is 0 Å². The van der Waals surface area contributed by atoms with Crippen molar-refractivity contribution in [3.8, 4) is 0 Å². The van der Waals surface area contributed by atoms with Crippen molar-refractivity contribution in [3.63, 3.8) is 0 Å². The van der Waals surface area contributed by atoms with E-state index in [9.17, 15) is 0 Å². The summed E-state index contributed by atoms with van der Waals surface area (Å²) in [6, 6.07) is 11.4.